The molecule has 186 valence electrons. The number of hydrogen-bond donors (Lipinski definition) is 1. The SMILES string of the molecule is CCCC1(C2CCN(C(=O)c3csc(C(C)=O)c3)CC2)NC(=O)N(CCC2CCCN2C)C1=O. The van der Waals surface area contributed by atoms with Crippen LogP contribution in [0.3, 0.4) is 0 Å². The molecule has 0 aromatic carbocycles. The Labute approximate surface area is 205 Å². The molecule has 3 aliphatic heterocycles. The maximum absolute atomic E-state index is 13.6. The Hall–Kier alpha value is -2.26. The summed E-state index contributed by atoms with van der Waals surface area (Å²) in [4.78, 5) is 57.2. The fourth-order valence-electron chi connectivity index (χ4n) is 5.91. The molecule has 1 N–H and O–H groups in total. The molecule has 3 aliphatic rings. The molecule has 3 saturated heterocycles. The number of imide groups is 1. The van der Waals surface area contributed by atoms with Gasteiger partial charge in [-0.2, -0.15) is 0 Å². The Balaban J connectivity index is 1.41. The number of rotatable bonds is 8. The Kier molecular flexibility index (Phi) is 7.42. The summed E-state index contributed by atoms with van der Waals surface area (Å²) in [6.07, 6.45) is 5.84. The molecule has 1 aromatic rings. The number of likely N-dealkylation sites (tertiary alicyclic amines) is 2. The van der Waals surface area contributed by atoms with E-state index < -0.39 is 5.54 Å². The first-order valence-corrected chi connectivity index (χ1v) is 13.4. The van der Waals surface area contributed by atoms with E-state index in [2.05, 4.69) is 17.3 Å². The van der Waals surface area contributed by atoms with Crippen LogP contribution in [0.1, 0.15) is 78.8 Å². The average molecular weight is 489 g/mol. The van der Waals surface area contributed by atoms with Crippen LogP contribution in [-0.4, -0.2) is 83.1 Å². The van der Waals surface area contributed by atoms with E-state index in [0.29, 0.717) is 55.4 Å². The van der Waals surface area contributed by atoms with Gasteiger partial charge in [-0.05, 0) is 71.0 Å². The zero-order chi connectivity index (χ0) is 24.5. The fourth-order valence-corrected chi connectivity index (χ4v) is 6.69. The minimum Gasteiger partial charge on any atom is -0.339 e. The van der Waals surface area contributed by atoms with E-state index in [1.54, 1.807) is 16.3 Å². The minimum atomic E-state index is -0.868. The van der Waals surface area contributed by atoms with Gasteiger partial charge in [-0.15, -0.1) is 11.3 Å². The Morgan fingerprint density at radius 2 is 1.91 bits per heavy atom. The summed E-state index contributed by atoms with van der Waals surface area (Å²) in [6.45, 7) is 6.15. The smallest absolute Gasteiger partial charge is 0.325 e. The van der Waals surface area contributed by atoms with Crippen LogP contribution < -0.4 is 5.32 Å². The predicted molar refractivity (Wildman–Crippen MR) is 131 cm³/mol. The van der Waals surface area contributed by atoms with Gasteiger partial charge in [0, 0.05) is 31.1 Å². The summed E-state index contributed by atoms with van der Waals surface area (Å²) >= 11 is 1.29. The normalized spacial score (nSPS) is 26.4. The monoisotopic (exact) mass is 488 g/mol. The highest BCUT2D eigenvalue weighted by Gasteiger charge is 2.55. The van der Waals surface area contributed by atoms with Gasteiger partial charge in [-0.25, -0.2) is 4.79 Å². The first-order chi connectivity index (χ1) is 16.3. The second-order valence-corrected chi connectivity index (χ2v) is 10.9. The molecule has 4 rings (SSSR count). The highest BCUT2D eigenvalue weighted by molar-refractivity contribution is 7.12. The van der Waals surface area contributed by atoms with Crippen molar-refractivity contribution in [1.82, 2.24) is 20.0 Å². The standard InChI is InChI=1S/C25H36N4O4S/c1-4-10-25(23(32)29(24(33)26-25)14-9-20-6-5-11-27(20)3)19-7-12-28(13-8-19)22(31)18-15-21(17(2)30)34-16-18/h15-16,19-20H,4-14H2,1-3H3,(H,26,33). The van der Waals surface area contributed by atoms with Crippen LogP contribution in [0.2, 0.25) is 0 Å². The predicted octanol–water partition coefficient (Wildman–Crippen LogP) is 3.38. The number of carbonyl (C=O) groups excluding carboxylic acids is 4. The lowest BCUT2D eigenvalue weighted by Gasteiger charge is -2.41. The van der Waals surface area contributed by atoms with Crippen LogP contribution in [-0.2, 0) is 4.79 Å². The number of nitrogens with one attached hydrogen (secondary N) is 1. The fraction of sp³-hybridized carbons (Fsp3) is 0.680. The third-order valence-corrected chi connectivity index (χ3v) is 8.91. The summed E-state index contributed by atoms with van der Waals surface area (Å²) in [5.41, 5.74) is -0.322. The largest absolute Gasteiger partial charge is 0.339 e. The molecule has 9 heteroatoms. The number of thiophene rings is 1. The maximum Gasteiger partial charge on any atom is 0.325 e. The molecule has 2 unspecified atom stereocenters. The Morgan fingerprint density at radius 1 is 1.18 bits per heavy atom. The maximum atomic E-state index is 13.6. The van der Waals surface area contributed by atoms with Gasteiger partial charge in [0.1, 0.15) is 5.54 Å². The average Bonchev–Trinajstić information content (AvgIpc) is 3.52. The number of piperidine rings is 1. The van der Waals surface area contributed by atoms with Crippen molar-refractivity contribution in [2.45, 2.75) is 70.4 Å². The van der Waals surface area contributed by atoms with Gasteiger partial charge in [0.2, 0.25) is 0 Å². The minimum absolute atomic E-state index is 0.00218. The summed E-state index contributed by atoms with van der Waals surface area (Å²) in [5.74, 6) is -0.198. The Morgan fingerprint density at radius 3 is 2.50 bits per heavy atom. The molecule has 8 nitrogen and oxygen atoms in total. The molecular formula is C25H36N4O4S. The second-order valence-electron chi connectivity index (χ2n) is 10.00. The highest BCUT2D eigenvalue weighted by Crippen LogP contribution is 2.38. The molecular weight excluding hydrogens is 452 g/mol. The van der Waals surface area contributed by atoms with Gasteiger partial charge in [-0.3, -0.25) is 19.3 Å². The van der Waals surface area contributed by atoms with Crippen LogP contribution in [0.4, 0.5) is 4.79 Å². The number of ketones is 1. The number of nitrogens with zero attached hydrogens (tertiary/aromatic N) is 3. The van der Waals surface area contributed by atoms with E-state index in [1.807, 2.05) is 6.92 Å². The topological polar surface area (TPSA) is 90.0 Å². The lowest BCUT2D eigenvalue weighted by Crippen LogP contribution is -2.56. The molecule has 3 fully saturated rings. The number of Topliss-reactive ketones (excluding diaryl/α,β-unsaturated/α-hetero) is 1. The van der Waals surface area contributed by atoms with E-state index in [4.69, 9.17) is 0 Å². The van der Waals surface area contributed by atoms with Crippen molar-refractivity contribution in [2.24, 2.45) is 5.92 Å². The van der Waals surface area contributed by atoms with Gasteiger partial charge >= 0.3 is 6.03 Å². The van der Waals surface area contributed by atoms with E-state index in [1.165, 1.54) is 29.6 Å². The first-order valence-electron chi connectivity index (χ1n) is 12.5. The second kappa shape index (κ2) is 10.2. The molecule has 34 heavy (non-hydrogen) atoms. The van der Waals surface area contributed by atoms with Crippen LogP contribution >= 0.6 is 11.3 Å². The molecule has 0 aliphatic carbocycles. The molecule has 0 saturated carbocycles. The van der Waals surface area contributed by atoms with E-state index in [0.717, 1.165) is 25.8 Å². The number of amides is 4. The van der Waals surface area contributed by atoms with Crippen molar-refractivity contribution in [2.75, 3.05) is 33.2 Å². The zero-order valence-electron chi connectivity index (χ0n) is 20.5. The zero-order valence-corrected chi connectivity index (χ0v) is 21.3. The summed E-state index contributed by atoms with van der Waals surface area (Å²) in [6, 6.07) is 1.82. The van der Waals surface area contributed by atoms with Crippen LogP contribution in [0.5, 0.6) is 0 Å². The van der Waals surface area contributed by atoms with Crippen molar-refractivity contribution in [3.63, 3.8) is 0 Å². The third kappa shape index (κ3) is 4.64. The summed E-state index contributed by atoms with van der Waals surface area (Å²) < 4.78 is 0. The van der Waals surface area contributed by atoms with Gasteiger partial charge in [-0.1, -0.05) is 13.3 Å². The molecule has 1 aromatic heterocycles. The van der Waals surface area contributed by atoms with Crippen molar-refractivity contribution in [3.8, 4) is 0 Å². The lowest BCUT2D eigenvalue weighted by molar-refractivity contribution is -0.134. The van der Waals surface area contributed by atoms with E-state index >= 15 is 0 Å². The van der Waals surface area contributed by atoms with E-state index in [9.17, 15) is 19.2 Å². The molecule has 0 radical (unpaired) electrons. The summed E-state index contributed by atoms with van der Waals surface area (Å²) in [7, 11) is 2.11. The van der Waals surface area contributed by atoms with Crippen LogP contribution in [0.25, 0.3) is 0 Å². The van der Waals surface area contributed by atoms with Gasteiger partial charge in [0.15, 0.2) is 5.78 Å². The summed E-state index contributed by atoms with van der Waals surface area (Å²) in [5, 5.41) is 4.84. The Bertz CT molecular complexity index is 954. The molecule has 2 atom stereocenters. The highest BCUT2D eigenvalue weighted by atomic mass is 32.1. The first kappa shape index (κ1) is 24.9. The molecule has 4 heterocycles. The quantitative estimate of drug-likeness (QED) is 0.448. The molecule has 4 amide bonds. The van der Waals surface area contributed by atoms with Crippen molar-refractivity contribution < 1.29 is 19.2 Å². The third-order valence-electron chi connectivity index (χ3n) is 7.88. The van der Waals surface area contributed by atoms with Crippen LogP contribution in [0, 0.1) is 5.92 Å². The number of hydrogen-bond acceptors (Lipinski definition) is 6. The van der Waals surface area contributed by atoms with E-state index in [-0.39, 0.29) is 29.5 Å². The van der Waals surface area contributed by atoms with Gasteiger partial charge in [0.25, 0.3) is 11.8 Å². The van der Waals surface area contributed by atoms with Crippen LogP contribution in [0.15, 0.2) is 11.4 Å². The number of carbonyl (C=O) groups is 4. The lowest BCUT2D eigenvalue weighted by atomic mass is 9.74. The van der Waals surface area contributed by atoms with Crippen molar-refractivity contribution >= 4 is 35.0 Å². The van der Waals surface area contributed by atoms with Gasteiger partial charge < -0.3 is 15.1 Å². The van der Waals surface area contributed by atoms with Crippen molar-refractivity contribution in [1.29, 1.82) is 0 Å². The van der Waals surface area contributed by atoms with Crippen molar-refractivity contribution in [3.05, 3.63) is 21.9 Å². The number of urea groups is 1. The molecule has 0 spiro atoms. The van der Waals surface area contributed by atoms with Gasteiger partial charge in [0.05, 0.1) is 10.4 Å². The molecule has 0 bridgehead atoms.